The third kappa shape index (κ3) is 2.68. The molecule has 1 saturated heterocycles. The summed E-state index contributed by atoms with van der Waals surface area (Å²) in [6.07, 6.45) is 5.11. The lowest BCUT2D eigenvalue weighted by molar-refractivity contribution is 0.122. The van der Waals surface area contributed by atoms with E-state index in [0.717, 1.165) is 54.5 Å². The molecule has 6 heteroatoms. The molecule has 130 valence electrons. The van der Waals surface area contributed by atoms with Crippen molar-refractivity contribution >= 4 is 11.5 Å². The number of pyridine rings is 1. The molecule has 1 aromatic carbocycles. The van der Waals surface area contributed by atoms with Crippen molar-refractivity contribution < 1.29 is 9.15 Å². The SMILES string of the molecule is c1cc(C2=NCc3ccc(-c4ncco4)cc32)cc(N2CCOCC2)n1. The maximum Gasteiger partial charge on any atom is 0.225 e. The molecule has 5 rings (SSSR count). The van der Waals surface area contributed by atoms with Gasteiger partial charge in [-0.05, 0) is 29.8 Å². The number of oxazole rings is 1. The highest BCUT2D eigenvalue weighted by Crippen LogP contribution is 2.29. The van der Waals surface area contributed by atoms with Gasteiger partial charge in [-0.1, -0.05) is 6.07 Å². The number of morpholine rings is 1. The number of fused-ring (bicyclic) bond motifs is 1. The third-order valence-corrected chi connectivity index (χ3v) is 4.81. The van der Waals surface area contributed by atoms with Gasteiger partial charge < -0.3 is 14.1 Å². The van der Waals surface area contributed by atoms with Gasteiger partial charge in [0.25, 0.3) is 0 Å². The number of benzene rings is 1. The molecule has 0 atom stereocenters. The first-order chi connectivity index (χ1) is 12.9. The molecule has 0 saturated carbocycles. The van der Waals surface area contributed by atoms with E-state index in [4.69, 9.17) is 14.1 Å². The molecule has 3 aromatic rings. The average molecular weight is 346 g/mol. The van der Waals surface area contributed by atoms with Crippen molar-refractivity contribution in [3.63, 3.8) is 0 Å². The standard InChI is InChI=1S/C20H18N4O2/c1-2-16-13-23-19(17(16)11-15(1)20-22-5-8-26-20)14-3-4-21-18(12-14)24-6-9-25-10-7-24/h1-5,8,11-12H,6-7,9-10,13H2. The van der Waals surface area contributed by atoms with Crippen molar-refractivity contribution in [2.24, 2.45) is 4.99 Å². The van der Waals surface area contributed by atoms with Crippen LogP contribution in [-0.4, -0.2) is 42.0 Å². The van der Waals surface area contributed by atoms with Crippen LogP contribution in [-0.2, 0) is 11.3 Å². The van der Waals surface area contributed by atoms with Crippen molar-refractivity contribution in [2.45, 2.75) is 6.54 Å². The number of aliphatic imine (C=N–C) groups is 1. The molecule has 0 N–H and O–H groups in total. The van der Waals surface area contributed by atoms with Crippen LogP contribution in [0.15, 0.2) is 58.4 Å². The van der Waals surface area contributed by atoms with E-state index >= 15 is 0 Å². The van der Waals surface area contributed by atoms with Gasteiger partial charge >= 0.3 is 0 Å². The van der Waals surface area contributed by atoms with Crippen molar-refractivity contribution in [2.75, 3.05) is 31.2 Å². The summed E-state index contributed by atoms with van der Waals surface area (Å²) in [6.45, 7) is 3.93. The van der Waals surface area contributed by atoms with Crippen LogP contribution < -0.4 is 4.90 Å². The molecule has 26 heavy (non-hydrogen) atoms. The van der Waals surface area contributed by atoms with Crippen LogP contribution >= 0.6 is 0 Å². The maximum absolute atomic E-state index is 5.44. The Labute approximate surface area is 151 Å². The van der Waals surface area contributed by atoms with Crippen LogP contribution in [0.25, 0.3) is 11.5 Å². The first-order valence-corrected chi connectivity index (χ1v) is 8.75. The van der Waals surface area contributed by atoms with E-state index in [1.54, 1.807) is 12.5 Å². The summed E-state index contributed by atoms with van der Waals surface area (Å²) in [5.74, 6) is 1.61. The van der Waals surface area contributed by atoms with Crippen molar-refractivity contribution in [1.29, 1.82) is 0 Å². The van der Waals surface area contributed by atoms with Gasteiger partial charge in [-0.3, -0.25) is 4.99 Å². The summed E-state index contributed by atoms with van der Waals surface area (Å²) in [7, 11) is 0. The van der Waals surface area contributed by atoms with Gasteiger partial charge in [-0.2, -0.15) is 0 Å². The number of aromatic nitrogens is 2. The van der Waals surface area contributed by atoms with Crippen LogP contribution in [0.2, 0.25) is 0 Å². The summed E-state index contributed by atoms with van der Waals surface area (Å²) >= 11 is 0. The summed E-state index contributed by atoms with van der Waals surface area (Å²) < 4.78 is 10.9. The maximum atomic E-state index is 5.44. The van der Waals surface area contributed by atoms with Gasteiger partial charge in [0.15, 0.2) is 0 Å². The predicted octanol–water partition coefficient (Wildman–Crippen LogP) is 2.92. The van der Waals surface area contributed by atoms with Crippen molar-refractivity contribution in [3.8, 4) is 11.5 Å². The van der Waals surface area contributed by atoms with E-state index in [2.05, 4.69) is 33.1 Å². The Kier molecular flexibility index (Phi) is 3.75. The Hall–Kier alpha value is -2.99. The Morgan fingerprint density at radius 2 is 1.85 bits per heavy atom. The lowest BCUT2D eigenvalue weighted by Crippen LogP contribution is -2.36. The highest BCUT2D eigenvalue weighted by atomic mass is 16.5. The van der Waals surface area contributed by atoms with E-state index in [0.29, 0.717) is 12.4 Å². The highest BCUT2D eigenvalue weighted by molar-refractivity contribution is 6.15. The van der Waals surface area contributed by atoms with Gasteiger partial charge in [0.1, 0.15) is 12.1 Å². The fraction of sp³-hybridized carbons (Fsp3) is 0.250. The van der Waals surface area contributed by atoms with Crippen LogP contribution in [0.1, 0.15) is 16.7 Å². The average Bonchev–Trinajstić information content (AvgIpc) is 3.38. The fourth-order valence-corrected chi connectivity index (χ4v) is 3.46. The predicted molar refractivity (Wildman–Crippen MR) is 98.6 cm³/mol. The molecule has 0 bridgehead atoms. The monoisotopic (exact) mass is 346 g/mol. The Bertz CT molecular complexity index is 960. The zero-order valence-corrected chi connectivity index (χ0v) is 14.3. The van der Waals surface area contributed by atoms with Gasteiger partial charge in [0.2, 0.25) is 5.89 Å². The quantitative estimate of drug-likeness (QED) is 0.730. The second-order valence-electron chi connectivity index (χ2n) is 6.38. The van der Waals surface area contributed by atoms with Gasteiger partial charge in [-0.25, -0.2) is 9.97 Å². The summed E-state index contributed by atoms with van der Waals surface area (Å²) in [5, 5.41) is 0. The van der Waals surface area contributed by atoms with E-state index in [-0.39, 0.29) is 0 Å². The van der Waals surface area contributed by atoms with E-state index in [1.165, 1.54) is 5.56 Å². The van der Waals surface area contributed by atoms with E-state index in [9.17, 15) is 0 Å². The minimum atomic E-state index is 0.628. The Morgan fingerprint density at radius 1 is 0.923 bits per heavy atom. The second kappa shape index (κ2) is 6.38. The number of hydrogen-bond donors (Lipinski definition) is 0. The van der Waals surface area contributed by atoms with Gasteiger partial charge in [-0.15, -0.1) is 0 Å². The zero-order valence-electron chi connectivity index (χ0n) is 14.3. The van der Waals surface area contributed by atoms with E-state index in [1.807, 2.05) is 18.3 Å². The van der Waals surface area contributed by atoms with Crippen LogP contribution in [0, 0.1) is 0 Å². The molecular weight excluding hydrogens is 328 g/mol. The minimum absolute atomic E-state index is 0.628. The molecule has 2 aromatic heterocycles. The number of anilines is 1. The molecule has 2 aliphatic rings. The molecule has 0 unspecified atom stereocenters. The molecule has 4 heterocycles. The second-order valence-corrected chi connectivity index (χ2v) is 6.38. The lowest BCUT2D eigenvalue weighted by atomic mass is 9.98. The number of nitrogens with zero attached hydrogens (tertiary/aromatic N) is 4. The number of hydrogen-bond acceptors (Lipinski definition) is 6. The molecule has 2 aliphatic heterocycles. The fourth-order valence-electron chi connectivity index (χ4n) is 3.46. The summed E-state index contributed by atoms with van der Waals surface area (Å²) in [4.78, 5) is 15.8. The minimum Gasteiger partial charge on any atom is -0.445 e. The van der Waals surface area contributed by atoms with Crippen LogP contribution in [0.3, 0.4) is 0 Å². The third-order valence-electron chi connectivity index (χ3n) is 4.81. The summed E-state index contributed by atoms with van der Waals surface area (Å²) in [6, 6.07) is 10.4. The van der Waals surface area contributed by atoms with E-state index < -0.39 is 0 Å². The van der Waals surface area contributed by atoms with Crippen LogP contribution in [0.4, 0.5) is 5.82 Å². The molecule has 0 spiro atoms. The van der Waals surface area contributed by atoms with Crippen molar-refractivity contribution in [1.82, 2.24) is 9.97 Å². The smallest absolute Gasteiger partial charge is 0.225 e. The molecule has 6 nitrogen and oxygen atoms in total. The van der Waals surface area contributed by atoms with Gasteiger partial charge in [0, 0.05) is 36.0 Å². The first-order valence-electron chi connectivity index (χ1n) is 8.75. The zero-order chi connectivity index (χ0) is 17.3. The lowest BCUT2D eigenvalue weighted by Gasteiger charge is -2.28. The highest BCUT2D eigenvalue weighted by Gasteiger charge is 2.21. The van der Waals surface area contributed by atoms with Gasteiger partial charge in [0.05, 0.1) is 31.7 Å². The molecular formula is C20H18N4O2. The largest absolute Gasteiger partial charge is 0.445 e. The number of ether oxygens (including phenoxy) is 1. The molecule has 0 aliphatic carbocycles. The topological polar surface area (TPSA) is 63.8 Å². The molecule has 0 amide bonds. The molecule has 0 radical (unpaired) electrons. The van der Waals surface area contributed by atoms with Crippen LogP contribution in [0.5, 0.6) is 0 Å². The summed E-state index contributed by atoms with van der Waals surface area (Å²) in [5.41, 5.74) is 5.42. The normalized spacial score (nSPS) is 16.5. The number of rotatable bonds is 3. The Balaban J connectivity index is 1.50. The Morgan fingerprint density at radius 3 is 2.69 bits per heavy atom. The first kappa shape index (κ1) is 15.3. The molecule has 1 fully saturated rings. The van der Waals surface area contributed by atoms with Crippen molar-refractivity contribution in [3.05, 3.63) is 65.7 Å².